The second-order valence-electron chi connectivity index (χ2n) is 3.16. The molecule has 2 rings (SSSR count). The molecule has 82 valence electrons. The summed E-state index contributed by atoms with van der Waals surface area (Å²) in [6.45, 7) is 0. The van der Waals surface area contributed by atoms with Crippen molar-refractivity contribution in [3.63, 3.8) is 0 Å². The third-order valence-corrected chi connectivity index (χ3v) is 2.26. The van der Waals surface area contributed by atoms with Crippen LogP contribution in [0.3, 0.4) is 0 Å². The van der Waals surface area contributed by atoms with Crippen molar-refractivity contribution >= 4 is 22.7 Å². The lowest BCUT2D eigenvalue weighted by molar-refractivity contribution is -0.384. The normalized spacial score (nSPS) is 10.3. The molecular weight excluding hydrogens is 212 g/mol. The molecule has 2 aromatic rings. The smallest absolute Gasteiger partial charge is 0.418 e. The number of carbonyl (C=O) groups is 1. The first-order chi connectivity index (χ1) is 7.63. The van der Waals surface area contributed by atoms with Gasteiger partial charge < -0.3 is 4.74 Å². The maximum atomic E-state index is 11.3. The number of fused-ring (bicyclic) bond motifs is 1. The highest BCUT2D eigenvalue weighted by Gasteiger charge is 2.12. The summed E-state index contributed by atoms with van der Waals surface area (Å²) in [6, 6.07) is 6.01. The van der Waals surface area contributed by atoms with Crippen LogP contribution >= 0.6 is 0 Å². The minimum absolute atomic E-state index is 0.0589. The fraction of sp³-hybridized carbons (Fsp3) is 0.100. The van der Waals surface area contributed by atoms with Gasteiger partial charge in [0.05, 0.1) is 17.5 Å². The third kappa shape index (κ3) is 1.50. The maximum Gasteiger partial charge on any atom is 0.418 e. The van der Waals surface area contributed by atoms with Gasteiger partial charge in [-0.2, -0.15) is 0 Å². The van der Waals surface area contributed by atoms with Crippen LogP contribution in [0.4, 0.5) is 10.5 Å². The van der Waals surface area contributed by atoms with Crippen LogP contribution in [-0.4, -0.2) is 22.7 Å². The number of nitro groups is 1. The Bertz CT molecular complexity index is 573. The topological polar surface area (TPSA) is 74.4 Å². The van der Waals surface area contributed by atoms with Gasteiger partial charge in [0.25, 0.3) is 5.69 Å². The molecule has 0 radical (unpaired) electrons. The van der Waals surface area contributed by atoms with E-state index in [0.717, 1.165) is 5.39 Å². The van der Waals surface area contributed by atoms with Crippen molar-refractivity contribution in [3.8, 4) is 0 Å². The van der Waals surface area contributed by atoms with Crippen molar-refractivity contribution < 1.29 is 14.5 Å². The van der Waals surface area contributed by atoms with Crippen molar-refractivity contribution in [2.75, 3.05) is 7.11 Å². The fourth-order valence-corrected chi connectivity index (χ4v) is 1.49. The Kier molecular flexibility index (Phi) is 2.32. The van der Waals surface area contributed by atoms with Gasteiger partial charge in [-0.3, -0.25) is 14.7 Å². The number of nitro benzene ring substituents is 1. The van der Waals surface area contributed by atoms with Crippen LogP contribution in [-0.2, 0) is 4.74 Å². The summed E-state index contributed by atoms with van der Waals surface area (Å²) < 4.78 is 5.78. The van der Waals surface area contributed by atoms with Gasteiger partial charge in [-0.25, -0.2) is 4.79 Å². The zero-order valence-corrected chi connectivity index (χ0v) is 8.41. The zero-order chi connectivity index (χ0) is 11.7. The Hall–Kier alpha value is -2.37. The Morgan fingerprint density at radius 1 is 1.44 bits per heavy atom. The summed E-state index contributed by atoms with van der Waals surface area (Å²) >= 11 is 0. The average Bonchev–Trinajstić information content (AvgIpc) is 2.70. The Balaban J connectivity index is 2.64. The van der Waals surface area contributed by atoms with E-state index in [4.69, 9.17) is 0 Å². The number of ether oxygens (including phenoxy) is 1. The van der Waals surface area contributed by atoms with Crippen molar-refractivity contribution in [3.05, 3.63) is 40.6 Å². The minimum Gasteiger partial charge on any atom is -0.452 e. The van der Waals surface area contributed by atoms with Crippen molar-refractivity contribution in [2.24, 2.45) is 0 Å². The molecule has 0 atom stereocenters. The molecule has 16 heavy (non-hydrogen) atoms. The monoisotopic (exact) mass is 220 g/mol. The summed E-state index contributed by atoms with van der Waals surface area (Å²) in [6.07, 6.45) is 0.940. The molecule has 0 aliphatic carbocycles. The highest BCUT2D eigenvalue weighted by molar-refractivity contribution is 5.90. The molecule has 0 aliphatic heterocycles. The van der Waals surface area contributed by atoms with Crippen LogP contribution < -0.4 is 0 Å². The average molecular weight is 220 g/mol. The minimum atomic E-state index is -0.574. The van der Waals surface area contributed by atoms with Gasteiger partial charge >= 0.3 is 6.09 Å². The molecule has 0 bridgehead atoms. The van der Waals surface area contributed by atoms with E-state index in [1.807, 2.05) is 0 Å². The van der Waals surface area contributed by atoms with Gasteiger partial charge in [-0.1, -0.05) is 0 Å². The highest BCUT2D eigenvalue weighted by Crippen LogP contribution is 2.21. The van der Waals surface area contributed by atoms with E-state index in [9.17, 15) is 14.9 Å². The first-order valence-electron chi connectivity index (χ1n) is 4.47. The predicted octanol–water partition coefficient (Wildman–Crippen LogP) is 2.16. The second kappa shape index (κ2) is 3.65. The number of aromatic nitrogens is 1. The number of hydrogen-bond donors (Lipinski definition) is 0. The molecule has 6 heteroatoms. The molecule has 1 aromatic carbocycles. The van der Waals surface area contributed by atoms with Gasteiger partial charge in [0.1, 0.15) is 0 Å². The summed E-state index contributed by atoms with van der Waals surface area (Å²) in [5, 5.41) is 11.3. The Labute approximate surface area is 90.2 Å². The number of hydrogen-bond acceptors (Lipinski definition) is 4. The van der Waals surface area contributed by atoms with Crippen LogP contribution in [0.5, 0.6) is 0 Å². The fourth-order valence-electron chi connectivity index (χ4n) is 1.49. The lowest BCUT2D eigenvalue weighted by Crippen LogP contribution is -2.09. The molecule has 0 spiro atoms. The number of methoxy groups -OCH3 is 1. The molecule has 1 heterocycles. The van der Waals surface area contributed by atoms with Gasteiger partial charge in [-0.05, 0) is 12.1 Å². The first kappa shape index (κ1) is 10.2. The van der Waals surface area contributed by atoms with Gasteiger partial charge in [0.15, 0.2) is 0 Å². The van der Waals surface area contributed by atoms with E-state index in [0.29, 0.717) is 5.52 Å². The number of nitrogens with zero attached hydrogens (tertiary/aromatic N) is 2. The van der Waals surface area contributed by atoms with Crippen LogP contribution in [0.15, 0.2) is 30.5 Å². The summed E-state index contributed by atoms with van der Waals surface area (Å²) in [4.78, 5) is 21.4. The van der Waals surface area contributed by atoms with Crippen LogP contribution in [0.1, 0.15) is 0 Å². The molecule has 0 amide bonds. The van der Waals surface area contributed by atoms with Crippen molar-refractivity contribution in [2.45, 2.75) is 0 Å². The third-order valence-electron chi connectivity index (χ3n) is 2.26. The van der Waals surface area contributed by atoms with Crippen molar-refractivity contribution in [1.29, 1.82) is 0 Å². The van der Waals surface area contributed by atoms with Gasteiger partial charge in [0.2, 0.25) is 0 Å². The summed E-state index contributed by atoms with van der Waals surface area (Å²) in [5.41, 5.74) is 0.400. The van der Waals surface area contributed by atoms with E-state index in [-0.39, 0.29) is 5.69 Å². The van der Waals surface area contributed by atoms with Crippen molar-refractivity contribution in [1.82, 2.24) is 4.57 Å². The van der Waals surface area contributed by atoms with E-state index < -0.39 is 11.0 Å². The van der Waals surface area contributed by atoms with Crippen LogP contribution in [0.2, 0.25) is 0 Å². The zero-order valence-electron chi connectivity index (χ0n) is 8.41. The predicted molar refractivity (Wildman–Crippen MR) is 56.4 cm³/mol. The Morgan fingerprint density at radius 2 is 2.19 bits per heavy atom. The molecule has 0 fully saturated rings. The van der Waals surface area contributed by atoms with Crippen LogP contribution in [0, 0.1) is 10.1 Å². The van der Waals surface area contributed by atoms with Crippen LogP contribution in [0.25, 0.3) is 10.9 Å². The first-order valence-corrected chi connectivity index (χ1v) is 4.47. The lowest BCUT2D eigenvalue weighted by atomic mass is 10.2. The van der Waals surface area contributed by atoms with Gasteiger partial charge in [0, 0.05) is 23.7 Å². The van der Waals surface area contributed by atoms with E-state index in [1.165, 1.54) is 30.0 Å². The standard InChI is InChI=1S/C10H8N2O4/c1-16-10(13)11-5-4-7-2-3-8(12(14)15)6-9(7)11/h2-6H,1H3. The molecule has 1 aromatic heterocycles. The SMILES string of the molecule is COC(=O)n1ccc2ccc([N+](=O)[O-])cc21. The summed E-state index contributed by atoms with van der Waals surface area (Å²) in [5.74, 6) is 0. The lowest BCUT2D eigenvalue weighted by Gasteiger charge is -2.01. The number of non-ortho nitro benzene ring substituents is 1. The number of carbonyl (C=O) groups excluding carboxylic acids is 1. The Morgan fingerprint density at radius 3 is 2.81 bits per heavy atom. The summed E-state index contributed by atoms with van der Waals surface area (Å²) in [7, 11) is 1.26. The molecule has 6 nitrogen and oxygen atoms in total. The van der Waals surface area contributed by atoms with E-state index >= 15 is 0 Å². The molecule has 0 N–H and O–H groups in total. The second-order valence-corrected chi connectivity index (χ2v) is 3.16. The molecule has 0 unspecified atom stereocenters. The van der Waals surface area contributed by atoms with Gasteiger partial charge in [-0.15, -0.1) is 0 Å². The quantitative estimate of drug-likeness (QED) is 0.545. The molecule has 0 aliphatic rings. The highest BCUT2D eigenvalue weighted by atomic mass is 16.6. The maximum absolute atomic E-state index is 11.3. The number of rotatable bonds is 1. The largest absolute Gasteiger partial charge is 0.452 e. The number of benzene rings is 1. The molecular formula is C10H8N2O4. The molecule has 0 saturated carbocycles. The van der Waals surface area contributed by atoms with E-state index in [1.54, 1.807) is 12.1 Å². The molecule has 0 saturated heterocycles. The van der Waals surface area contributed by atoms with E-state index in [2.05, 4.69) is 4.74 Å².